The van der Waals surface area contributed by atoms with E-state index in [0.29, 0.717) is 0 Å². The number of ketones is 1. The number of hydrogen-bond donors (Lipinski definition) is 1. The molecule has 0 radical (unpaired) electrons. The van der Waals surface area contributed by atoms with Crippen LogP contribution in [-0.4, -0.2) is 15.8 Å². The number of carbonyl (C=O) groups excluding carboxylic acids is 1. The summed E-state index contributed by atoms with van der Waals surface area (Å²) in [6.07, 6.45) is 7.02. The van der Waals surface area contributed by atoms with Gasteiger partial charge >= 0.3 is 0 Å². The van der Waals surface area contributed by atoms with E-state index in [1.54, 1.807) is 12.4 Å². The summed E-state index contributed by atoms with van der Waals surface area (Å²) in [5.74, 6) is 0.284. The number of pyridine rings is 1. The molecule has 3 aromatic rings. The second-order valence-corrected chi connectivity index (χ2v) is 5.36. The van der Waals surface area contributed by atoms with Crippen molar-refractivity contribution in [2.45, 2.75) is 12.8 Å². The van der Waals surface area contributed by atoms with Crippen LogP contribution in [-0.2, 0) is 12.8 Å². The number of nitrogens with one attached hydrogen (secondary N) is 1. The Morgan fingerprint density at radius 3 is 2.65 bits per heavy atom. The van der Waals surface area contributed by atoms with E-state index in [1.807, 2.05) is 24.4 Å². The molecule has 0 fully saturated rings. The Balaban J connectivity index is 1.69. The van der Waals surface area contributed by atoms with Crippen LogP contribution in [0.3, 0.4) is 0 Å². The number of rotatable bonds is 2. The molecule has 98 valence electrons. The average Bonchev–Trinajstić information content (AvgIpc) is 3.10. The van der Waals surface area contributed by atoms with Crippen LogP contribution >= 0.6 is 0 Å². The smallest absolute Gasteiger partial charge is 0.168 e. The molecular formula is C17H14N2O. The number of H-pyrrole nitrogens is 1. The first kappa shape index (κ1) is 11.4. The zero-order chi connectivity index (χ0) is 13.5. The van der Waals surface area contributed by atoms with Crippen molar-refractivity contribution in [2.75, 3.05) is 0 Å². The highest BCUT2D eigenvalue weighted by Gasteiger charge is 2.29. The van der Waals surface area contributed by atoms with Gasteiger partial charge in [-0.3, -0.25) is 9.78 Å². The maximum Gasteiger partial charge on any atom is 0.168 e. The van der Waals surface area contributed by atoms with Gasteiger partial charge in [-0.1, -0.05) is 24.3 Å². The largest absolute Gasteiger partial charge is 0.360 e. The lowest BCUT2D eigenvalue weighted by atomic mass is 9.95. The van der Waals surface area contributed by atoms with E-state index >= 15 is 0 Å². The van der Waals surface area contributed by atoms with E-state index in [9.17, 15) is 4.79 Å². The number of aromatic amines is 1. The standard InChI is InChI=1S/C17H14N2O/c20-17(13-7-11-3-1-2-4-12(11)8-13)15-10-19-16-5-6-18-9-14(15)16/h1-6,9-10,13,19H,7-8H2. The molecule has 2 aromatic heterocycles. The van der Waals surface area contributed by atoms with Crippen LogP contribution in [0, 0.1) is 5.92 Å². The number of Topliss-reactive ketones (excluding diaryl/α,β-unsaturated/α-hetero) is 1. The summed E-state index contributed by atoms with van der Waals surface area (Å²) in [6, 6.07) is 10.2. The molecule has 0 bridgehead atoms. The Morgan fingerprint density at radius 2 is 1.90 bits per heavy atom. The van der Waals surface area contributed by atoms with E-state index in [1.165, 1.54) is 11.1 Å². The van der Waals surface area contributed by atoms with Crippen molar-refractivity contribution in [2.24, 2.45) is 5.92 Å². The van der Waals surface area contributed by atoms with Gasteiger partial charge in [-0.2, -0.15) is 0 Å². The summed E-state index contributed by atoms with van der Waals surface area (Å²) >= 11 is 0. The van der Waals surface area contributed by atoms with E-state index < -0.39 is 0 Å². The molecule has 0 atom stereocenters. The van der Waals surface area contributed by atoms with Crippen LogP contribution in [0.5, 0.6) is 0 Å². The number of fused-ring (bicyclic) bond motifs is 2. The highest BCUT2D eigenvalue weighted by Crippen LogP contribution is 2.30. The number of carbonyl (C=O) groups is 1. The molecular weight excluding hydrogens is 248 g/mol. The van der Waals surface area contributed by atoms with E-state index in [2.05, 4.69) is 22.1 Å². The summed E-state index contributed by atoms with van der Waals surface area (Å²) in [5, 5.41) is 0.924. The van der Waals surface area contributed by atoms with Crippen LogP contribution in [0.1, 0.15) is 21.5 Å². The summed E-state index contributed by atoms with van der Waals surface area (Å²) in [4.78, 5) is 20.0. The quantitative estimate of drug-likeness (QED) is 0.721. The first-order valence-corrected chi connectivity index (χ1v) is 6.85. The van der Waals surface area contributed by atoms with Crippen molar-refractivity contribution in [3.05, 3.63) is 65.6 Å². The van der Waals surface area contributed by atoms with Gasteiger partial charge in [0.15, 0.2) is 5.78 Å². The molecule has 1 aromatic carbocycles. The number of hydrogen-bond acceptors (Lipinski definition) is 2. The lowest BCUT2D eigenvalue weighted by Gasteiger charge is -2.06. The van der Waals surface area contributed by atoms with Crippen LogP contribution in [0.2, 0.25) is 0 Å². The highest BCUT2D eigenvalue weighted by molar-refractivity contribution is 6.09. The van der Waals surface area contributed by atoms with Crippen molar-refractivity contribution >= 4 is 16.7 Å². The molecule has 3 nitrogen and oxygen atoms in total. The first-order valence-electron chi connectivity index (χ1n) is 6.85. The van der Waals surface area contributed by atoms with Gasteiger partial charge in [-0.25, -0.2) is 0 Å². The normalized spacial score (nSPS) is 14.6. The van der Waals surface area contributed by atoms with Crippen molar-refractivity contribution in [1.82, 2.24) is 9.97 Å². The van der Waals surface area contributed by atoms with Gasteiger partial charge in [0.2, 0.25) is 0 Å². The fourth-order valence-corrected chi connectivity index (χ4v) is 3.13. The molecule has 3 heteroatoms. The minimum absolute atomic E-state index is 0.0617. The van der Waals surface area contributed by atoms with Crippen molar-refractivity contribution < 1.29 is 4.79 Å². The molecule has 4 rings (SSSR count). The maximum atomic E-state index is 12.7. The Labute approximate surface area is 116 Å². The van der Waals surface area contributed by atoms with E-state index in [4.69, 9.17) is 0 Å². The van der Waals surface area contributed by atoms with Gasteiger partial charge in [0.05, 0.1) is 0 Å². The molecule has 1 N–H and O–H groups in total. The molecule has 2 heterocycles. The second kappa shape index (κ2) is 4.30. The minimum atomic E-state index is 0.0617. The van der Waals surface area contributed by atoms with Gasteiger partial charge in [0, 0.05) is 41.0 Å². The third-order valence-electron chi connectivity index (χ3n) is 4.17. The zero-order valence-corrected chi connectivity index (χ0v) is 11.0. The van der Waals surface area contributed by atoms with Crippen LogP contribution < -0.4 is 0 Å². The SMILES string of the molecule is O=C(c1c[nH]c2ccncc12)C1Cc2ccccc2C1. The van der Waals surface area contributed by atoms with Gasteiger partial charge < -0.3 is 4.98 Å². The maximum absolute atomic E-state index is 12.7. The Bertz CT molecular complexity index is 778. The van der Waals surface area contributed by atoms with Gasteiger partial charge in [0.1, 0.15) is 0 Å². The molecule has 0 unspecified atom stereocenters. The molecule has 1 aliphatic rings. The Kier molecular flexibility index (Phi) is 2.46. The van der Waals surface area contributed by atoms with Gasteiger partial charge in [0.25, 0.3) is 0 Å². The average molecular weight is 262 g/mol. The van der Waals surface area contributed by atoms with Crippen molar-refractivity contribution in [3.8, 4) is 0 Å². The highest BCUT2D eigenvalue weighted by atomic mass is 16.1. The van der Waals surface area contributed by atoms with E-state index in [0.717, 1.165) is 29.3 Å². The molecule has 20 heavy (non-hydrogen) atoms. The fourth-order valence-electron chi connectivity index (χ4n) is 3.13. The number of benzene rings is 1. The van der Waals surface area contributed by atoms with Crippen molar-refractivity contribution in [3.63, 3.8) is 0 Å². The Hall–Kier alpha value is -2.42. The third-order valence-corrected chi connectivity index (χ3v) is 4.17. The van der Waals surface area contributed by atoms with Gasteiger partial charge in [-0.15, -0.1) is 0 Å². The lowest BCUT2D eigenvalue weighted by Crippen LogP contribution is -2.14. The fraction of sp³-hybridized carbons (Fsp3) is 0.176. The molecule has 0 aliphatic heterocycles. The first-order chi connectivity index (χ1) is 9.83. The minimum Gasteiger partial charge on any atom is -0.360 e. The summed E-state index contributed by atoms with van der Waals surface area (Å²) in [6.45, 7) is 0. The predicted molar refractivity (Wildman–Crippen MR) is 77.8 cm³/mol. The second-order valence-electron chi connectivity index (χ2n) is 5.36. The number of aromatic nitrogens is 2. The third kappa shape index (κ3) is 1.67. The summed E-state index contributed by atoms with van der Waals surface area (Å²) in [7, 11) is 0. The summed E-state index contributed by atoms with van der Waals surface area (Å²) in [5.41, 5.74) is 4.36. The molecule has 0 spiro atoms. The topological polar surface area (TPSA) is 45.8 Å². The van der Waals surface area contributed by atoms with Crippen LogP contribution in [0.25, 0.3) is 10.9 Å². The monoisotopic (exact) mass is 262 g/mol. The zero-order valence-electron chi connectivity index (χ0n) is 11.0. The van der Waals surface area contributed by atoms with Crippen molar-refractivity contribution in [1.29, 1.82) is 0 Å². The molecule has 0 amide bonds. The molecule has 0 saturated heterocycles. The molecule has 0 saturated carbocycles. The molecule has 1 aliphatic carbocycles. The summed E-state index contributed by atoms with van der Waals surface area (Å²) < 4.78 is 0. The van der Waals surface area contributed by atoms with E-state index in [-0.39, 0.29) is 11.7 Å². The predicted octanol–water partition coefficient (Wildman–Crippen LogP) is 3.16. The van der Waals surface area contributed by atoms with Gasteiger partial charge in [-0.05, 0) is 30.0 Å². The Morgan fingerprint density at radius 1 is 1.15 bits per heavy atom. The number of nitrogens with zero attached hydrogens (tertiary/aromatic N) is 1. The van der Waals surface area contributed by atoms with Crippen LogP contribution in [0.15, 0.2) is 48.9 Å². The lowest BCUT2D eigenvalue weighted by molar-refractivity contribution is 0.0926. The van der Waals surface area contributed by atoms with Crippen LogP contribution in [0.4, 0.5) is 0 Å².